The highest BCUT2D eigenvalue weighted by atomic mass is 32.1. The van der Waals surface area contributed by atoms with Gasteiger partial charge in [-0.15, -0.1) is 11.3 Å². The van der Waals surface area contributed by atoms with Gasteiger partial charge < -0.3 is 10.1 Å². The van der Waals surface area contributed by atoms with E-state index in [0.29, 0.717) is 15.9 Å². The van der Waals surface area contributed by atoms with Crippen molar-refractivity contribution in [2.24, 2.45) is 0 Å². The maximum Gasteiger partial charge on any atom is 0.387 e. The van der Waals surface area contributed by atoms with Crippen molar-refractivity contribution in [1.82, 2.24) is 9.55 Å². The van der Waals surface area contributed by atoms with Crippen LogP contribution in [0.25, 0.3) is 10.2 Å². The van der Waals surface area contributed by atoms with Crippen LogP contribution in [-0.2, 0) is 11.3 Å². The number of thiophene rings is 1. The van der Waals surface area contributed by atoms with E-state index in [0.717, 1.165) is 10.4 Å². The molecule has 9 heteroatoms. The zero-order valence-corrected chi connectivity index (χ0v) is 15.5. The minimum absolute atomic E-state index is 0.00959. The van der Waals surface area contributed by atoms with Gasteiger partial charge in [-0.25, -0.2) is 4.98 Å². The van der Waals surface area contributed by atoms with Crippen molar-refractivity contribution in [3.8, 4) is 5.75 Å². The van der Waals surface area contributed by atoms with Gasteiger partial charge in [0.05, 0.1) is 11.7 Å². The molecule has 0 spiro atoms. The molecule has 1 aromatic carbocycles. The first kappa shape index (κ1) is 19.0. The maximum atomic E-state index is 12.6. The lowest BCUT2D eigenvalue weighted by atomic mass is 10.2. The fraction of sp³-hybridized carbons (Fsp3) is 0.278. The Balaban J connectivity index is 1.64. The summed E-state index contributed by atoms with van der Waals surface area (Å²) in [5.41, 5.74) is 1.20. The summed E-state index contributed by atoms with van der Waals surface area (Å²) in [5.74, 6) is -0.293. The van der Waals surface area contributed by atoms with E-state index in [4.69, 9.17) is 0 Å². The van der Waals surface area contributed by atoms with Gasteiger partial charge >= 0.3 is 6.61 Å². The smallest absolute Gasteiger partial charge is 0.387 e. The SMILES string of the molecule is Cc1sc2ncn(CCC(=O)Nc3ccc(OC(F)F)cc3)c(=O)c2c1C. The van der Waals surface area contributed by atoms with E-state index in [1.807, 2.05) is 13.8 Å². The van der Waals surface area contributed by atoms with Gasteiger partial charge in [0.25, 0.3) is 5.56 Å². The molecule has 1 amide bonds. The Kier molecular flexibility index (Phi) is 5.50. The zero-order chi connectivity index (χ0) is 19.6. The second kappa shape index (κ2) is 7.83. The van der Waals surface area contributed by atoms with E-state index in [1.54, 1.807) is 0 Å². The molecule has 3 aromatic rings. The van der Waals surface area contributed by atoms with E-state index in [9.17, 15) is 18.4 Å². The van der Waals surface area contributed by atoms with Crippen LogP contribution in [0.5, 0.6) is 5.75 Å². The monoisotopic (exact) mass is 393 g/mol. The number of amides is 1. The highest BCUT2D eigenvalue weighted by molar-refractivity contribution is 7.18. The van der Waals surface area contributed by atoms with Crippen molar-refractivity contribution < 1.29 is 18.3 Å². The molecular formula is C18H17F2N3O3S. The fourth-order valence-corrected chi connectivity index (χ4v) is 3.58. The molecule has 27 heavy (non-hydrogen) atoms. The van der Waals surface area contributed by atoms with Crippen LogP contribution < -0.4 is 15.6 Å². The summed E-state index contributed by atoms with van der Waals surface area (Å²) < 4.78 is 29.9. The van der Waals surface area contributed by atoms with Gasteiger partial charge in [-0.2, -0.15) is 8.78 Å². The first-order valence-corrected chi connectivity index (χ1v) is 8.96. The number of aryl methyl sites for hydroxylation is 3. The van der Waals surface area contributed by atoms with Crippen molar-refractivity contribution in [3.63, 3.8) is 0 Å². The molecule has 2 aromatic heterocycles. The van der Waals surface area contributed by atoms with Crippen molar-refractivity contribution in [3.05, 3.63) is 51.4 Å². The van der Waals surface area contributed by atoms with Crippen LogP contribution in [0, 0.1) is 13.8 Å². The molecule has 2 heterocycles. The third-order valence-corrected chi connectivity index (χ3v) is 5.21. The Morgan fingerprint density at radius 3 is 2.67 bits per heavy atom. The number of nitrogens with zero attached hydrogens (tertiary/aromatic N) is 2. The van der Waals surface area contributed by atoms with Gasteiger partial charge in [-0.05, 0) is 43.7 Å². The lowest BCUT2D eigenvalue weighted by molar-refractivity contribution is -0.116. The van der Waals surface area contributed by atoms with Crippen LogP contribution in [0.3, 0.4) is 0 Å². The number of rotatable bonds is 6. The highest BCUT2D eigenvalue weighted by Crippen LogP contribution is 2.25. The molecule has 0 saturated carbocycles. The Morgan fingerprint density at radius 1 is 1.30 bits per heavy atom. The Labute approximate surface area is 157 Å². The van der Waals surface area contributed by atoms with Gasteiger partial charge in [0.1, 0.15) is 10.6 Å². The first-order valence-electron chi connectivity index (χ1n) is 8.15. The van der Waals surface area contributed by atoms with E-state index in [2.05, 4.69) is 15.0 Å². The molecule has 0 unspecified atom stereocenters. The first-order chi connectivity index (χ1) is 12.8. The third-order valence-electron chi connectivity index (χ3n) is 4.10. The average Bonchev–Trinajstić information content (AvgIpc) is 2.90. The van der Waals surface area contributed by atoms with Crippen LogP contribution >= 0.6 is 11.3 Å². The van der Waals surface area contributed by atoms with Crippen LogP contribution in [0.2, 0.25) is 0 Å². The lowest BCUT2D eigenvalue weighted by Gasteiger charge is -2.08. The van der Waals surface area contributed by atoms with Gasteiger partial charge in [-0.3, -0.25) is 14.2 Å². The van der Waals surface area contributed by atoms with Crippen molar-refractivity contribution in [2.45, 2.75) is 33.4 Å². The van der Waals surface area contributed by atoms with Crippen LogP contribution in [0.1, 0.15) is 16.9 Å². The summed E-state index contributed by atoms with van der Waals surface area (Å²) in [6.45, 7) is 1.12. The topological polar surface area (TPSA) is 73.2 Å². The van der Waals surface area contributed by atoms with Crippen LogP contribution in [-0.4, -0.2) is 22.1 Å². The van der Waals surface area contributed by atoms with Crippen molar-refractivity contribution in [2.75, 3.05) is 5.32 Å². The minimum atomic E-state index is -2.90. The third kappa shape index (κ3) is 4.30. The number of benzene rings is 1. The second-order valence-electron chi connectivity index (χ2n) is 5.91. The molecule has 3 rings (SSSR count). The number of alkyl halides is 2. The largest absolute Gasteiger partial charge is 0.435 e. The second-order valence-corrected chi connectivity index (χ2v) is 7.11. The molecule has 0 aliphatic rings. The number of anilines is 1. The number of fused-ring (bicyclic) bond motifs is 1. The molecule has 0 aliphatic heterocycles. The van der Waals surface area contributed by atoms with Gasteiger partial charge in [-0.1, -0.05) is 0 Å². The average molecular weight is 393 g/mol. The summed E-state index contributed by atoms with van der Waals surface area (Å²) in [4.78, 5) is 30.7. The normalized spacial score (nSPS) is 11.1. The van der Waals surface area contributed by atoms with Crippen molar-refractivity contribution in [1.29, 1.82) is 0 Å². The van der Waals surface area contributed by atoms with Crippen LogP contribution in [0.15, 0.2) is 35.4 Å². The summed E-state index contributed by atoms with van der Waals surface area (Å²) in [7, 11) is 0. The molecule has 0 fully saturated rings. The predicted octanol–water partition coefficient (Wildman–Crippen LogP) is 3.71. The maximum absolute atomic E-state index is 12.6. The quantitative estimate of drug-likeness (QED) is 0.693. The van der Waals surface area contributed by atoms with E-state index in [-0.39, 0.29) is 30.2 Å². The summed E-state index contributed by atoms with van der Waals surface area (Å²) >= 11 is 1.47. The summed E-state index contributed by atoms with van der Waals surface area (Å²) in [6, 6.07) is 5.61. The van der Waals surface area contributed by atoms with Gasteiger partial charge in [0.15, 0.2) is 0 Å². The van der Waals surface area contributed by atoms with E-state index in [1.165, 1.54) is 46.5 Å². The van der Waals surface area contributed by atoms with Gasteiger partial charge in [0, 0.05) is 23.5 Å². The Hall–Kier alpha value is -2.81. The van der Waals surface area contributed by atoms with Crippen LogP contribution in [0.4, 0.5) is 14.5 Å². The zero-order valence-electron chi connectivity index (χ0n) is 14.7. The minimum Gasteiger partial charge on any atom is -0.435 e. The number of halogens is 2. The number of carbonyl (C=O) groups excluding carboxylic acids is 1. The van der Waals surface area contributed by atoms with E-state index < -0.39 is 6.61 Å². The molecule has 0 atom stereocenters. The number of hydrogen-bond acceptors (Lipinski definition) is 5. The number of ether oxygens (including phenoxy) is 1. The highest BCUT2D eigenvalue weighted by Gasteiger charge is 2.13. The summed E-state index contributed by atoms with van der Waals surface area (Å²) in [6.07, 6.45) is 1.52. The van der Waals surface area contributed by atoms with Crippen molar-refractivity contribution >= 4 is 33.1 Å². The summed E-state index contributed by atoms with van der Waals surface area (Å²) in [5, 5.41) is 3.24. The lowest BCUT2D eigenvalue weighted by Crippen LogP contribution is -2.23. The molecule has 1 N–H and O–H groups in total. The molecule has 0 radical (unpaired) electrons. The molecule has 0 bridgehead atoms. The Bertz CT molecular complexity index is 1030. The number of nitrogens with one attached hydrogen (secondary N) is 1. The number of aromatic nitrogens is 2. The molecular weight excluding hydrogens is 376 g/mol. The number of carbonyl (C=O) groups is 1. The van der Waals surface area contributed by atoms with Gasteiger partial charge in [0.2, 0.25) is 5.91 Å². The molecule has 0 aliphatic carbocycles. The molecule has 142 valence electrons. The molecule has 0 saturated heterocycles. The standard InChI is InChI=1S/C18H17F2N3O3S/c1-10-11(2)27-16-15(10)17(25)23(9-21-16)8-7-14(24)22-12-3-5-13(6-4-12)26-18(19)20/h3-6,9,18H,7-8H2,1-2H3,(H,22,24). The van der Waals surface area contributed by atoms with E-state index >= 15 is 0 Å². The fourth-order valence-electron chi connectivity index (χ4n) is 2.59. The predicted molar refractivity (Wildman–Crippen MR) is 99.7 cm³/mol. The number of hydrogen-bond donors (Lipinski definition) is 1. The Morgan fingerprint density at radius 2 is 2.00 bits per heavy atom. The molecule has 6 nitrogen and oxygen atoms in total.